The molecule has 1 N–H and O–H groups in total. The van der Waals surface area contributed by atoms with E-state index in [0.29, 0.717) is 14.3 Å². The summed E-state index contributed by atoms with van der Waals surface area (Å²) < 4.78 is 0. The molecule has 6 heteroatoms. The van der Waals surface area contributed by atoms with Crippen molar-refractivity contribution in [3.8, 4) is 5.75 Å². The summed E-state index contributed by atoms with van der Waals surface area (Å²) >= 11 is -0.556. The molecule has 0 fully saturated rings. The van der Waals surface area contributed by atoms with Gasteiger partial charge in [0, 0.05) is 22.0 Å². The number of nitrogens with zero attached hydrogens (tertiary/aromatic N) is 1. The molecule has 0 aromatic heterocycles. The van der Waals surface area contributed by atoms with E-state index in [1.807, 2.05) is 30.3 Å². The number of hydrogen-bond donors (Lipinski definition) is 1. The van der Waals surface area contributed by atoms with Crippen LogP contribution in [0.2, 0.25) is 0 Å². The average Bonchev–Trinajstić information content (AvgIpc) is 2.94. The van der Waals surface area contributed by atoms with Crippen LogP contribution in [-0.2, 0) is 23.5 Å². The molecule has 0 amide bonds. The van der Waals surface area contributed by atoms with Crippen LogP contribution in [0, 0.1) is 6.92 Å². The Balaban J connectivity index is 0.00000107. The van der Waals surface area contributed by atoms with Crippen LogP contribution >= 0.6 is 27.2 Å². The third-order valence-corrected chi connectivity index (χ3v) is 7.37. The number of para-hydroxylation sites is 2. The van der Waals surface area contributed by atoms with Gasteiger partial charge in [-0.05, 0) is 72.5 Å². The molecule has 190 valence electrons. The van der Waals surface area contributed by atoms with E-state index in [9.17, 15) is 5.11 Å². The Morgan fingerprint density at radius 1 is 0.658 bits per heavy atom. The van der Waals surface area contributed by atoms with Crippen molar-refractivity contribution in [2.75, 3.05) is 4.90 Å². The van der Waals surface area contributed by atoms with E-state index in [-0.39, 0.29) is 0 Å². The van der Waals surface area contributed by atoms with Crippen molar-refractivity contribution < 1.29 is 22.1 Å². The summed E-state index contributed by atoms with van der Waals surface area (Å²) in [6, 6.07) is 44.0. The third kappa shape index (κ3) is 7.73. The van der Waals surface area contributed by atoms with Gasteiger partial charge in [-0.1, -0.05) is 93.5 Å². The molecule has 1 unspecified atom stereocenters. The zero-order valence-electron chi connectivity index (χ0n) is 21.0. The summed E-state index contributed by atoms with van der Waals surface area (Å²) in [5, 5.41) is 12.9. The van der Waals surface area contributed by atoms with Gasteiger partial charge < -0.3 is 10.0 Å². The van der Waals surface area contributed by atoms with Gasteiger partial charge >= 0.3 is 35.6 Å². The Morgan fingerprint density at radius 3 is 1.79 bits per heavy atom. The molecule has 5 aromatic rings. The molecular weight excluding hydrogens is 564 g/mol. The minimum absolute atomic E-state index is 0.319. The predicted octanol–water partition coefficient (Wildman–Crippen LogP) is 8.77. The standard InChI is InChI=1S/C32H28NOP.2ClH.Ti/c1-24-17-20-31(35-32-23-26(18-19-30(32)34)22-25-11-5-2-6-12-25)29(21-24)33(27-13-7-3-8-14-27)28-15-9-4-10-16-28;;;/h2-21,23,34-35H,22H2,1H3;2*1H;/q;;;+2/p-2. The molecule has 0 heterocycles. The fraction of sp³-hybridized carbons (Fsp3) is 0.0625. The second-order valence-corrected chi connectivity index (χ2v) is 12.6. The summed E-state index contributed by atoms with van der Waals surface area (Å²) in [6.07, 6.45) is 0.847. The Bertz CT molecular complexity index is 1400. The van der Waals surface area contributed by atoms with Crippen LogP contribution in [0.5, 0.6) is 5.75 Å². The van der Waals surface area contributed by atoms with Crippen LogP contribution in [0.15, 0.2) is 127 Å². The fourth-order valence-electron chi connectivity index (χ4n) is 4.28. The van der Waals surface area contributed by atoms with Crippen LogP contribution in [0.4, 0.5) is 17.1 Å². The topological polar surface area (TPSA) is 23.5 Å². The second kappa shape index (κ2) is 14.5. The summed E-state index contributed by atoms with van der Waals surface area (Å²) in [4.78, 5) is 2.31. The molecule has 0 aliphatic heterocycles. The van der Waals surface area contributed by atoms with Crippen molar-refractivity contribution in [2.45, 2.75) is 13.3 Å². The third-order valence-electron chi connectivity index (χ3n) is 6.00. The van der Waals surface area contributed by atoms with Crippen LogP contribution in [0.3, 0.4) is 0 Å². The van der Waals surface area contributed by atoms with Gasteiger partial charge in [0.1, 0.15) is 5.75 Å². The monoisotopic (exact) mass is 591 g/mol. The summed E-state index contributed by atoms with van der Waals surface area (Å²) in [7, 11) is 10.1. The van der Waals surface area contributed by atoms with Crippen molar-refractivity contribution in [1.82, 2.24) is 0 Å². The van der Waals surface area contributed by atoms with E-state index in [1.54, 1.807) is 0 Å². The van der Waals surface area contributed by atoms with Gasteiger partial charge in [0.2, 0.25) is 0 Å². The molecule has 0 bridgehead atoms. The molecule has 1 atom stereocenters. The Morgan fingerprint density at radius 2 is 1.21 bits per heavy atom. The Kier molecular flexibility index (Phi) is 10.9. The number of hydrogen-bond acceptors (Lipinski definition) is 2. The van der Waals surface area contributed by atoms with Crippen molar-refractivity contribution in [3.63, 3.8) is 0 Å². The number of anilines is 3. The number of benzene rings is 5. The number of phenolic OH excluding ortho intramolecular Hbond substituents is 1. The predicted molar refractivity (Wildman–Crippen MR) is 163 cm³/mol. The molecule has 2 nitrogen and oxygen atoms in total. The first kappa shape index (κ1) is 28.4. The van der Waals surface area contributed by atoms with Gasteiger partial charge in [-0.25, -0.2) is 0 Å². The van der Waals surface area contributed by atoms with Crippen molar-refractivity contribution in [2.24, 2.45) is 0 Å². The fourth-order valence-corrected chi connectivity index (χ4v) is 5.52. The Labute approximate surface area is 243 Å². The van der Waals surface area contributed by atoms with E-state index in [4.69, 9.17) is 18.6 Å². The summed E-state index contributed by atoms with van der Waals surface area (Å²) in [6.45, 7) is 2.13. The molecule has 0 aliphatic rings. The second-order valence-electron chi connectivity index (χ2n) is 8.74. The van der Waals surface area contributed by atoms with Gasteiger partial charge in [-0.15, -0.1) is 0 Å². The summed E-state index contributed by atoms with van der Waals surface area (Å²) in [5.41, 5.74) is 7.02. The molecule has 0 saturated carbocycles. The van der Waals surface area contributed by atoms with Gasteiger partial charge in [0.05, 0.1) is 5.69 Å². The molecule has 5 aromatic carbocycles. The number of aromatic hydroxyl groups is 1. The van der Waals surface area contributed by atoms with Gasteiger partial charge in [-0.3, -0.25) is 0 Å². The van der Waals surface area contributed by atoms with E-state index >= 15 is 0 Å². The van der Waals surface area contributed by atoms with E-state index in [0.717, 1.165) is 28.8 Å². The van der Waals surface area contributed by atoms with Crippen LogP contribution in [0.25, 0.3) is 0 Å². The molecule has 38 heavy (non-hydrogen) atoms. The molecule has 0 aliphatic carbocycles. The number of halogens is 2. The maximum absolute atomic E-state index is 10.8. The van der Waals surface area contributed by atoms with Gasteiger partial charge in [0.15, 0.2) is 0 Å². The Hall–Kier alpha value is -2.58. The first-order valence-electron chi connectivity index (χ1n) is 12.2. The van der Waals surface area contributed by atoms with E-state index < -0.39 is 17.0 Å². The van der Waals surface area contributed by atoms with Crippen LogP contribution in [0.1, 0.15) is 16.7 Å². The average molecular weight is 592 g/mol. The van der Waals surface area contributed by atoms with Gasteiger partial charge in [-0.2, -0.15) is 0 Å². The quantitative estimate of drug-likeness (QED) is 0.151. The molecule has 0 spiro atoms. The van der Waals surface area contributed by atoms with Crippen molar-refractivity contribution in [3.05, 3.63) is 144 Å². The molecule has 0 saturated heterocycles. The zero-order chi connectivity index (χ0) is 26.7. The van der Waals surface area contributed by atoms with Crippen molar-refractivity contribution >= 4 is 54.9 Å². The SMILES string of the molecule is Cc1ccc(Pc2cc(Cc3ccccc3)ccc2O)c(N(c2ccccc2)c2ccccc2)c1.[Cl][Ti][Cl]. The minimum atomic E-state index is -0.556. The number of rotatable bonds is 7. The first-order valence-corrected chi connectivity index (χ1v) is 17.5. The van der Waals surface area contributed by atoms with Crippen molar-refractivity contribution in [1.29, 1.82) is 0 Å². The van der Waals surface area contributed by atoms with Crippen LogP contribution < -0.4 is 15.5 Å². The zero-order valence-corrected chi connectivity index (χ0v) is 25.1. The summed E-state index contributed by atoms with van der Waals surface area (Å²) in [5.74, 6) is 0.345. The number of aryl methyl sites for hydroxylation is 1. The maximum atomic E-state index is 10.8. The molecular formula is C32H28Cl2NOPTi. The van der Waals surface area contributed by atoms with E-state index in [1.165, 1.54) is 22.0 Å². The van der Waals surface area contributed by atoms with Gasteiger partial charge in [0.25, 0.3) is 0 Å². The van der Waals surface area contributed by atoms with Crippen LogP contribution in [-0.4, -0.2) is 5.11 Å². The number of phenols is 1. The normalized spacial score (nSPS) is 10.6. The molecule has 5 rings (SSSR count). The molecule has 0 radical (unpaired) electrons. The first-order chi connectivity index (χ1) is 18.6. The van der Waals surface area contributed by atoms with E-state index in [2.05, 4.69) is 109 Å².